The Balaban J connectivity index is 2.15. The minimum Gasteiger partial charge on any atom is -0.347 e. The molecule has 0 aliphatic rings. The van der Waals surface area contributed by atoms with Gasteiger partial charge in [0.05, 0.1) is 0 Å². The Morgan fingerprint density at radius 1 is 1.47 bits per heavy atom. The Morgan fingerprint density at radius 2 is 2.32 bits per heavy atom. The monoisotopic (exact) mass is 254 g/mol. The number of pyridine rings is 1. The molecule has 0 bridgehead atoms. The highest BCUT2D eigenvalue weighted by Crippen LogP contribution is 2.11. The quantitative estimate of drug-likeness (QED) is 0.888. The number of nitrogens with zero attached hydrogens (tertiary/aromatic N) is 3. The van der Waals surface area contributed by atoms with Crippen molar-refractivity contribution in [2.24, 2.45) is 5.73 Å². The largest absolute Gasteiger partial charge is 0.347 e. The summed E-state index contributed by atoms with van der Waals surface area (Å²) in [5.41, 5.74) is 8.77. The van der Waals surface area contributed by atoms with Crippen LogP contribution in [0, 0.1) is 11.3 Å². The summed E-state index contributed by atoms with van der Waals surface area (Å²) in [7, 11) is 0. The van der Waals surface area contributed by atoms with Gasteiger partial charge >= 0.3 is 0 Å². The standard InChI is InChI=1S/C15H18N4/c1-2-13(17)9-15-4-3-7-19(15)11-12-5-6-18-14(8-12)10-16/h3-8,13H,2,9,11,17H2,1H3. The molecule has 2 N–H and O–H groups in total. The molecule has 2 rings (SSSR count). The van der Waals surface area contributed by atoms with Gasteiger partial charge in [-0.25, -0.2) is 4.98 Å². The van der Waals surface area contributed by atoms with Gasteiger partial charge in [0.15, 0.2) is 0 Å². The van der Waals surface area contributed by atoms with Crippen molar-refractivity contribution in [2.75, 3.05) is 0 Å². The third kappa shape index (κ3) is 3.43. The summed E-state index contributed by atoms with van der Waals surface area (Å²) in [6.07, 6.45) is 5.57. The van der Waals surface area contributed by atoms with Gasteiger partial charge in [-0.2, -0.15) is 5.26 Å². The summed E-state index contributed by atoms with van der Waals surface area (Å²) < 4.78 is 2.17. The lowest BCUT2D eigenvalue weighted by molar-refractivity contribution is 0.610. The lowest BCUT2D eigenvalue weighted by Gasteiger charge is -2.13. The van der Waals surface area contributed by atoms with Crippen LogP contribution < -0.4 is 5.73 Å². The number of hydrogen-bond acceptors (Lipinski definition) is 3. The summed E-state index contributed by atoms with van der Waals surface area (Å²) >= 11 is 0. The summed E-state index contributed by atoms with van der Waals surface area (Å²) in [6.45, 7) is 2.84. The fourth-order valence-corrected chi connectivity index (χ4v) is 2.03. The molecule has 2 aromatic heterocycles. The van der Waals surface area contributed by atoms with Gasteiger partial charge in [-0.1, -0.05) is 6.92 Å². The van der Waals surface area contributed by atoms with Crippen molar-refractivity contribution in [1.29, 1.82) is 5.26 Å². The Morgan fingerprint density at radius 3 is 3.05 bits per heavy atom. The van der Waals surface area contributed by atoms with E-state index in [1.165, 1.54) is 5.69 Å². The van der Waals surface area contributed by atoms with Crippen LogP contribution in [0.1, 0.15) is 30.3 Å². The minimum atomic E-state index is 0.195. The first-order chi connectivity index (χ1) is 9.22. The van der Waals surface area contributed by atoms with Crippen LogP contribution in [0.5, 0.6) is 0 Å². The van der Waals surface area contributed by atoms with Gasteiger partial charge < -0.3 is 10.3 Å². The predicted octanol–water partition coefficient (Wildman–Crippen LogP) is 2.08. The second-order valence-electron chi connectivity index (χ2n) is 4.66. The molecule has 19 heavy (non-hydrogen) atoms. The van der Waals surface area contributed by atoms with Gasteiger partial charge in [0.1, 0.15) is 11.8 Å². The Hall–Kier alpha value is -2.12. The maximum absolute atomic E-state index is 8.86. The average Bonchev–Trinajstić information content (AvgIpc) is 2.86. The van der Waals surface area contributed by atoms with Crippen LogP contribution in [0.4, 0.5) is 0 Å². The first-order valence-corrected chi connectivity index (χ1v) is 6.47. The van der Waals surface area contributed by atoms with Crippen LogP contribution in [-0.4, -0.2) is 15.6 Å². The van der Waals surface area contributed by atoms with Crippen LogP contribution in [0.15, 0.2) is 36.7 Å². The third-order valence-electron chi connectivity index (χ3n) is 3.21. The SMILES string of the molecule is CCC(N)Cc1cccn1Cc1ccnc(C#N)c1. The van der Waals surface area contributed by atoms with E-state index in [2.05, 4.69) is 28.6 Å². The second-order valence-corrected chi connectivity index (χ2v) is 4.66. The van der Waals surface area contributed by atoms with Crippen molar-refractivity contribution in [2.45, 2.75) is 32.4 Å². The molecule has 0 saturated carbocycles. The lowest BCUT2D eigenvalue weighted by atomic mass is 10.1. The Bertz CT molecular complexity index is 580. The molecule has 0 spiro atoms. The number of rotatable bonds is 5. The molecule has 1 atom stereocenters. The summed E-state index contributed by atoms with van der Waals surface area (Å²) in [6, 6.07) is 10.1. The van der Waals surface area contributed by atoms with Crippen molar-refractivity contribution < 1.29 is 0 Å². The second kappa shape index (κ2) is 6.17. The Kier molecular flexibility index (Phi) is 4.32. The van der Waals surface area contributed by atoms with Crippen LogP contribution in [0.2, 0.25) is 0 Å². The molecule has 0 amide bonds. The van der Waals surface area contributed by atoms with E-state index in [0.29, 0.717) is 5.69 Å². The molecule has 0 saturated heterocycles. The molecule has 4 heteroatoms. The molecule has 0 aliphatic heterocycles. The predicted molar refractivity (Wildman–Crippen MR) is 74.5 cm³/mol. The van der Waals surface area contributed by atoms with Gasteiger partial charge in [-0.15, -0.1) is 0 Å². The lowest BCUT2D eigenvalue weighted by Crippen LogP contribution is -2.23. The number of aromatic nitrogens is 2. The normalized spacial score (nSPS) is 12.1. The van der Waals surface area contributed by atoms with E-state index in [1.54, 1.807) is 6.20 Å². The molecule has 0 aliphatic carbocycles. The van der Waals surface area contributed by atoms with Crippen LogP contribution in [-0.2, 0) is 13.0 Å². The number of hydrogen-bond donors (Lipinski definition) is 1. The van der Waals surface area contributed by atoms with E-state index in [9.17, 15) is 0 Å². The molecular formula is C15H18N4. The van der Waals surface area contributed by atoms with Gasteiger partial charge in [0.25, 0.3) is 0 Å². The fourth-order valence-electron chi connectivity index (χ4n) is 2.03. The molecule has 1 unspecified atom stereocenters. The first-order valence-electron chi connectivity index (χ1n) is 6.47. The van der Waals surface area contributed by atoms with Crippen LogP contribution in [0.25, 0.3) is 0 Å². The highest BCUT2D eigenvalue weighted by molar-refractivity contribution is 5.26. The molecule has 4 nitrogen and oxygen atoms in total. The highest BCUT2D eigenvalue weighted by Gasteiger charge is 2.07. The summed E-state index contributed by atoms with van der Waals surface area (Å²) in [5, 5.41) is 8.86. The van der Waals surface area contributed by atoms with Gasteiger partial charge in [0.2, 0.25) is 0 Å². The van der Waals surface area contributed by atoms with Gasteiger partial charge in [-0.05, 0) is 36.2 Å². The van der Waals surface area contributed by atoms with Crippen LogP contribution >= 0.6 is 0 Å². The zero-order valence-corrected chi connectivity index (χ0v) is 11.1. The smallest absolute Gasteiger partial charge is 0.140 e. The van der Waals surface area contributed by atoms with E-state index in [4.69, 9.17) is 11.0 Å². The molecule has 2 aromatic rings. The highest BCUT2D eigenvalue weighted by atomic mass is 15.0. The molecule has 98 valence electrons. The Labute approximate surface area is 113 Å². The van der Waals surface area contributed by atoms with Crippen LogP contribution in [0.3, 0.4) is 0 Å². The van der Waals surface area contributed by atoms with E-state index >= 15 is 0 Å². The summed E-state index contributed by atoms with van der Waals surface area (Å²) in [4.78, 5) is 3.98. The summed E-state index contributed by atoms with van der Waals surface area (Å²) in [5.74, 6) is 0. The maximum Gasteiger partial charge on any atom is 0.140 e. The minimum absolute atomic E-state index is 0.195. The van der Waals surface area contributed by atoms with Gasteiger partial charge in [-0.3, -0.25) is 0 Å². The van der Waals surface area contributed by atoms with Crippen molar-refractivity contribution >= 4 is 0 Å². The van der Waals surface area contributed by atoms with E-state index in [1.807, 2.05) is 24.4 Å². The van der Waals surface area contributed by atoms with Crippen molar-refractivity contribution in [3.05, 3.63) is 53.6 Å². The maximum atomic E-state index is 8.86. The zero-order valence-electron chi connectivity index (χ0n) is 11.1. The molecule has 0 aromatic carbocycles. The number of nitrogens with two attached hydrogens (primary N) is 1. The molecule has 2 heterocycles. The fraction of sp³-hybridized carbons (Fsp3) is 0.333. The van der Waals surface area contributed by atoms with E-state index < -0.39 is 0 Å². The topological polar surface area (TPSA) is 67.6 Å². The zero-order chi connectivity index (χ0) is 13.7. The van der Waals surface area contributed by atoms with Crippen molar-refractivity contribution in [3.63, 3.8) is 0 Å². The van der Waals surface area contributed by atoms with Crippen molar-refractivity contribution in [3.8, 4) is 6.07 Å². The van der Waals surface area contributed by atoms with Gasteiger partial charge in [0, 0.05) is 37.1 Å². The molecule has 0 radical (unpaired) electrons. The van der Waals surface area contributed by atoms with Crippen molar-refractivity contribution in [1.82, 2.24) is 9.55 Å². The van der Waals surface area contributed by atoms with E-state index in [-0.39, 0.29) is 6.04 Å². The molecular weight excluding hydrogens is 236 g/mol. The first kappa shape index (κ1) is 13.3. The molecule has 0 fully saturated rings. The van der Waals surface area contributed by atoms with E-state index in [0.717, 1.165) is 24.9 Å². The number of nitriles is 1. The average molecular weight is 254 g/mol. The third-order valence-corrected chi connectivity index (χ3v) is 3.21.